The third kappa shape index (κ3) is 5.10. The minimum absolute atomic E-state index is 0.136. The van der Waals surface area contributed by atoms with E-state index in [1.807, 2.05) is 32.0 Å². The van der Waals surface area contributed by atoms with Crippen molar-refractivity contribution in [3.8, 4) is 5.75 Å². The minimum atomic E-state index is 0.136. The van der Waals surface area contributed by atoms with Crippen molar-refractivity contribution in [2.75, 3.05) is 36.8 Å². The Morgan fingerprint density at radius 1 is 1.04 bits per heavy atom. The van der Waals surface area contributed by atoms with Crippen molar-refractivity contribution in [2.45, 2.75) is 46.3 Å². The van der Waals surface area contributed by atoms with Crippen molar-refractivity contribution in [1.82, 2.24) is 14.9 Å². The van der Waals surface area contributed by atoms with E-state index in [0.29, 0.717) is 12.5 Å². The van der Waals surface area contributed by atoms with Crippen LogP contribution in [0.25, 0.3) is 0 Å². The van der Waals surface area contributed by atoms with Crippen LogP contribution in [0, 0.1) is 0 Å². The predicted molar refractivity (Wildman–Crippen MR) is 110 cm³/mol. The molecule has 1 aliphatic heterocycles. The summed E-state index contributed by atoms with van der Waals surface area (Å²) in [7, 11) is 0. The number of piperazine rings is 1. The molecule has 2 aromatic rings. The Hall–Kier alpha value is -2.34. The van der Waals surface area contributed by atoms with E-state index in [1.165, 1.54) is 0 Å². The number of nitrogens with zero attached hydrogens (tertiary/aromatic N) is 4. The standard InChI is InChI=1S/C21H31N5O/c1-15(2)25-7-9-26(10-8-25)21-13-18(23-14-24-21)11-17-12-19(27-16(3)4)5-6-20(17)22/h5-6,12-16H,7-11,22H2,1-4H3. The Morgan fingerprint density at radius 2 is 1.78 bits per heavy atom. The molecule has 2 heterocycles. The summed E-state index contributed by atoms with van der Waals surface area (Å²) in [6.45, 7) is 12.7. The van der Waals surface area contributed by atoms with Crippen LogP contribution in [0.15, 0.2) is 30.6 Å². The summed E-state index contributed by atoms with van der Waals surface area (Å²) in [6, 6.07) is 8.51. The van der Waals surface area contributed by atoms with Crippen molar-refractivity contribution in [3.05, 3.63) is 41.9 Å². The normalized spacial score (nSPS) is 15.6. The molecule has 1 saturated heterocycles. The lowest BCUT2D eigenvalue weighted by Gasteiger charge is -2.37. The number of anilines is 2. The number of benzene rings is 1. The van der Waals surface area contributed by atoms with Gasteiger partial charge in [0, 0.05) is 50.4 Å². The van der Waals surface area contributed by atoms with Gasteiger partial charge < -0.3 is 15.4 Å². The number of ether oxygens (including phenoxy) is 1. The van der Waals surface area contributed by atoms with Gasteiger partial charge in [0.25, 0.3) is 0 Å². The largest absolute Gasteiger partial charge is 0.491 e. The van der Waals surface area contributed by atoms with E-state index >= 15 is 0 Å². The first kappa shape index (κ1) is 19.4. The van der Waals surface area contributed by atoms with E-state index in [4.69, 9.17) is 10.5 Å². The SMILES string of the molecule is CC(C)Oc1ccc(N)c(Cc2cc(N3CCN(C(C)C)CC3)ncn2)c1. The van der Waals surface area contributed by atoms with Gasteiger partial charge in [-0.2, -0.15) is 0 Å². The summed E-state index contributed by atoms with van der Waals surface area (Å²) < 4.78 is 5.79. The first-order valence-electron chi connectivity index (χ1n) is 9.77. The van der Waals surface area contributed by atoms with Crippen LogP contribution < -0.4 is 15.4 Å². The molecule has 1 fully saturated rings. The van der Waals surface area contributed by atoms with E-state index in [1.54, 1.807) is 6.33 Å². The minimum Gasteiger partial charge on any atom is -0.491 e. The summed E-state index contributed by atoms with van der Waals surface area (Å²) in [5.41, 5.74) is 8.94. The van der Waals surface area contributed by atoms with Gasteiger partial charge in [-0.15, -0.1) is 0 Å². The highest BCUT2D eigenvalue weighted by Gasteiger charge is 2.20. The van der Waals surface area contributed by atoms with Gasteiger partial charge in [-0.3, -0.25) is 4.90 Å². The Bertz CT molecular complexity index is 754. The van der Waals surface area contributed by atoms with E-state index in [2.05, 4.69) is 39.7 Å². The van der Waals surface area contributed by atoms with Crippen LogP contribution in [0.2, 0.25) is 0 Å². The third-order valence-corrected chi connectivity index (χ3v) is 4.94. The zero-order valence-corrected chi connectivity index (χ0v) is 16.9. The van der Waals surface area contributed by atoms with Crippen LogP contribution in [0.5, 0.6) is 5.75 Å². The fourth-order valence-electron chi connectivity index (χ4n) is 3.40. The van der Waals surface area contributed by atoms with Gasteiger partial charge in [0.1, 0.15) is 17.9 Å². The number of nitrogen functional groups attached to an aromatic ring is 1. The summed E-state index contributed by atoms with van der Waals surface area (Å²) in [6.07, 6.45) is 2.46. The molecule has 1 aromatic carbocycles. The summed E-state index contributed by atoms with van der Waals surface area (Å²) in [4.78, 5) is 13.8. The highest BCUT2D eigenvalue weighted by molar-refractivity contribution is 5.52. The van der Waals surface area contributed by atoms with Gasteiger partial charge in [-0.05, 0) is 51.5 Å². The first-order valence-corrected chi connectivity index (χ1v) is 9.77. The molecular weight excluding hydrogens is 338 g/mol. The van der Waals surface area contributed by atoms with Crippen molar-refractivity contribution in [3.63, 3.8) is 0 Å². The summed E-state index contributed by atoms with van der Waals surface area (Å²) in [5.74, 6) is 1.84. The lowest BCUT2D eigenvalue weighted by molar-refractivity contribution is 0.209. The quantitative estimate of drug-likeness (QED) is 0.790. The average molecular weight is 370 g/mol. The molecule has 27 heavy (non-hydrogen) atoms. The number of nitrogens with two attached hydrogens (primary N) is 1. The van der Waals surface area contributed by atoms with Crippen molar-refractivity contribution in [1.29, 1.82) is 0 Å². The molecule has 6 nitrogen and oxygen atoms in total. The first-order chi connectivity index (χ1) is 12.9. The van der Waals surface area contributed by atoms with E-state index in [9.17, 15) is 0 Å². The Morgan fingerprint density at radius 3 is 2.44 bits per heavy atom. The topological polar surface area (TPSA) is 67.5 Å². The molecule has 0 saturated carbocycles. The third-order valence-electron chi connectivity index (χ3n) is 4.94. The Labute approximate surface area is 162 Å². The lowest BCUT2D eigenvalue weighted by Crippen LogP contribution is -2.49. The molecule has 0 bridgehead atoms. The lowest BCUT2D eigenvalue weighted by atomic mass is 10.1. The number of hydrogen-bond donors (Lipinski definition) is 1. The molecule has 0 atom stereocenters. The van der Waals surface area contributed by atoms with Gasteiger partial charge in [0.2, 0.25) is 0 Å². The molecule has 0 unspecified atom stereocenters. The fraction of sp³-hybridized carbons (Fsp3) is 0.524. The van der Waals surface area contributed by atoms with Crippen LogP contribution in [0.3, 0.4) is 0 Å². The van der Waals surface area contributed by atoms with Crippen LogP contribution in [-0.4, -0.2) is 53.2 Å². The second-order valence-corrected chi connectivity index (χ2v) is 7.69. The highest BCUT2D eigenvalue weighted by atomic mass is 16.5. The fourth-order valence-corrected chi connectivity index (χ4v) is 3.40. The van der Waals surface area contributed by atoms with Crippen LogP contribution >= 0.6 is 0 Å². The molecule has 6 heteroatoms. The van der Waals surface area contributed by atoms with E-state index in [-0.39, 0.29) is 6.10 Å². The molecule has 0 spiro atoms. The second-order valence-electron chi connectivity index (χ2n) is 7.69. The summed E-state index contributed by atoms with van der Waals surface area (Å²) in [5, 5.41) is 0. The molecule has 2 N–H and O–H groups in total. The Kier molecular flexibility index (Phi) is 6.16. The van der Waals surface area contributed by atoms with Gasteiger partial charge in [-0.25, -0.2) is 9.97 Å². The molecule has 0 amide bonds. The van der Waals surface area contributed by atoms with Gasteiger partial charge in [-0.1, -0.05) is 0 Å². The number of aromatic nitrogens is 2. The van der Waals surface area contributed by atoms with Gasteiger partial charge >= 0.3 is 0 Å². The monoisotopic (exact) mass is 369 g/mol. The van der Waals surface area contributed by atoms with Crippen LogP contribution in [0.4, 0.5) is 11.5 Å². The van der Waals surface area contributed by atoms with E-state index < -0.39 is 0 Å². The zero-order valence-electron chi connectivity index (χ0n) is 16.9. The maximum absolute atomic E-state index is 6.18. The second kappa shape index (κ2) is 8.57. The predicted octanol–water partition coefficient (Wildman–Crippen LogP) is 2.97. The van der Waals surface area contributed by atoms with Gasteiger partial charge in [0.15, 0.2) is 0 Å². The maximum atomic E-state index is 6.18. The van der Waals surface area contributed by atoms with Crippen molar-refractivity contribution < 1.29 is 4.74 Å². The smallest absolute Gasteiger partial charge is 0.132 e. The maximum Gasteiger partial charge on any atom is 0.132 e. The van der Waals surface area contributed by atoms with E-state index in [0.717, 1.165) is 54.7 Å². The average Bonchev–Trinajstić information content (AvgIpc) is 2.64. The van der Waals surface area contributed by atoms with Crippen molar-refractivity contribution in [2.24, 2.45) is 0 Å². The molecule has 0 aliphatic carbocycles. The molecule has 1 aliphatic rings. The molecule has 0 radical (unpaired) electrons. The Balaban J connectivity index is 1.71. The molecule has 1 aromatic heterocycles. The zero-order chi connectivity index (χ0) is 19.4. The molecular formula is C21H31N5O. The summed E-state index contributed by atoms with van der Waals surface area (Å²) >= 11 is 0. The number of hydrogen-bond acceptors (Lipinski definition) is 6. The van der Waals surface area contributed by atoms with Crippen LogP contribution in [0.1, 0.15) is 39.0 Å². The number of rotatable bonds is 6. The van der Waals surface area contributed by atoms with Gasteiger partial charge in [0.05, 0.1) is 11.8 Å². The highest BCUT2D eigenvalue weighted by Crippen LogP contribution is 2.24. The molecule has 3 rings (SSSR count). The van der Waals surface area contributed by atoms with Crippen LogP contribution in [-0.2, 0) is 6.42 Å². The van der Waals surface area contributed by atoms with Crippen molar-refractivity contribution >= 4 is 11.5 Å². The molecule has 146 valence electrons.